The van der Waals surface area contributed by atoms with Crippen LogP contribution in [0.4, 0.5) is 4.39 Å². The standard InChI is InChI=1S/C15H19FN2O2/c1-11(2)9-18(7-3-6-17)10-13-8-12(15(19)20)4-5-14(13)16/h4-5,8,11H,3,7,9-10H2,1-2H3,(H,19,20). The molecular weight excluding hydrogens is 259 g/mol. The normalized spacial score (nSPS) is 10.8. The van der Waals surface area contributed by atoms with Crippen LogP contribution in [-0.2, 0) is 6.54 Å². The third kappa shape index (κ3) is 4.98. The van der Waals surface area contributed by atoms with Gasteiger partial charge in [0.25, 0.3) is 0 Å². The number of hydrogen-bond donors (Lipinski definition) is 1. The molecule has 0 unspecified atom stereocenters. The van der Waals surface area contributed by atoms with Crippen LogP contribution >= 0.6 is 0 Å². The monoisotopic (exact) mass is 278 g/mol. The molecule has 0 saturated carbocycles. The summed E-state index contributed by atoms with van der Waals surface area (Å²) < 4.78 is 13.8. The van der Waals surface area contributed by atoms with Crippen LogP contribution in [0.5, 0.6) is 0 Å². The molecule has 0 heterocycles. The Kier molecular flexibility index (Phi) is 6.13. The minimum atomic E-state index is -1.07. The summed E-state index contributed by atoms with van der Waals surface area (Å²) in [6.45, 7) is 5.68. The zero-order valence-corrected chi connectivity index (χ0v) is 11.8. The largest absolute Gasteiger partial charge is 0.478 e. The van der Waals surface area contributed by atoms with Gasteiger partial charge in [-0.1, -0.05) is 13.8 Å². The number of carboxylic acids is 1. The van der Waals surface area contributed by atoms with Crippen LogP contribution in [0.25, 0.3) is 0 Å². The van der Waals surface area contributed by atoms with E-state index in [4.69, 9.17) is 10.4 Å². The average molecular weight is 278 g/mol. The van der Waals surface area contributed by atoms with Gasteiger partial charge in [0.1, 0.15) is 5.82 Å². The van der Waals surface area contributed by atoms with Gasteiger partial charge in [-0.15, -0.1) is 0 Å². The van der Waals surface area contributed by atoms with Gasteiger partial charge in [-0.25, -0.2) is 9.18 Å². The van der Waals surface area contributed by atoms with E-state index in [9.17, 15) is 9.18 Å². The van der Waals surface area contributed by atoms with Gasteiger partial charge >= 0.3 is 5.97 Å². The van der Waals surface area contributed by atoms with E-state index in [0.29, 0.717) is 31.0 Å². The molecular formula is C15H19FN2O2. The molecule has 0 fully saturated rings. The molecule has 0 aliphatic rings. The molecule has 4 nitrogen and oxygen atoms in total. The van der Waals surface area contributed by atoms with Gasteiger partial charge in [0, 0.05) is 31.6 Å². The van der Waals surface area contributed by atoms with Gasteiger partial charge < -0.3 is 5.11 Å². The lowest BCUT2D eigenvalue weighted by molar-refractivity contribution is 0.0696. The maximum absolute atomic E-state index is 13.8. The van der Waals surface area contributed by atoms with Gasteiger partial charge in [-0.3, -0.25) is 4.90 Å². The fourth-order valence-corrected chi connectivity index (χ4v) is 2.03. The fraction of sp³-hybridized carbons (Fsp3) is 0.467. The average Bonchev–Trinajstić information content (AvgIpc) is 2.37. The van der Waals surface area contributed by atoms with Gasteiger partial charge in [0.15, 0.2) is 0 Å². The molecule has 0 aliphatic carbocycles. The third-order valence-electron chi connectivity index (χ3n) is 2.85. The zero-order chi connectivity index (χ0) is 15.1. The number of nitrogens with zero attached hydrogens (tertiary/aromatic N) is 2. The first-order valence-corrected chi connectivity index (χ1v) is 6.55. The first-order valence-electron chi connectivity index (χ1n) is 6.55. The maximum Gasteiger partial charge on any atom is 0.335 e. The number of halogens is 1. The van der Waals surface area contributed by atoms with Crippen molar-refractivity contribution in [3.8, 4) is 6.07 Å². The van der Waals surface area contributed by atoms with Crippen LogP contribution in [-0.4, -0.2) is 29.1 Å². The van der Waals surface area contributed by atoms with E-state index in [0.717, 1.165) is 6.54 Å². The summed E-state index contributed by atoms with van der Waals surface area (Å²) in [6.07, 6.45) is 0.368. The second-order valence-corrected chi connectivity index (χ2v) is 5.15. The highest BCUT2D eigenvalue weighted by Crippen LogP contribution is 2.14. The van der Waals surface area contributed by atoms with Crippen molar-refractivity contribution >= 4 is 5.97 Å². The molecule has 0 bridgehead atoms. The Morgan fingerprint density at radius 3 is 2.75 bits per heavy atom. The molecule has 0 aromatic heterocycles. The molecule has 0 amide bonds. The van der Waals surface area contributed by atoms with E-state index in [2.05, 4.69) is 6.07 Å². The Morgan fingerprint density at radius 2 is 2.20 bits per heavy atom. The van der Waals surface area contributed by atoms with Crippen LogP contribution < -0.4 is 0 Å². The van der Waals surface area contributed by atoms with Crippen molar-refractivity contribution < 1.29 is 14.3 Å². The van der Waals surface area contributed by atoms with Crippen molar-refractivity contribution in [1.82, 2.24) is 4.90 Å². The molecule has 1 N–H and O–H groups in total. The highest BCUT2D eigenvalue weighted by molar-refractivity contribution is 5.87. The first-order chi connectivity index (χ1) is 9.43. The Balaban J connectivity index is 2.88. The van der Waals surface area contributed by atoms with Gasteiger partial charge in [-0.05, 0) is 24.1 Å². The lowest BCUT2D eigenvalue weighted by atomic mass is 10.1. The smallest absolute Gasteiger partial charge is 0.335 e. The Hall–Kier alpha value is -1.93. The molecule has 0 aliphatic heterocycles. The SMILES string of the molecule is CC(C)CN(CCC#N)Cc1cc(C(=O)O)ccc1F. The summed E-state index contributed by atoms with van der Waals surface area (Å²) in [6, 6.07) is 5.86. The Labute approximate surface area is 118 Å². The van der Waals surface area contributed by atoms with Gasteiger partial charge in [0.05, 0.1) is 11.6 Å². The Bertz CT molecular complexity index is 509. The molecule has 5 heteroatoms. The van der Waals surface area contributed by atoms with E-state index >= 15 is 0 Å². The van der Waals surface area contributed by atoms with Gasteiger partial charge in [-0.2, -0.15) is 5.26 Å². The van der Waals surface area contributed by atoms with E-state index in [1.54, 1.807) is 0 Å². The van der Waals surface area contributed by atoms with E-state index in [1.807, 2.05) is 18.7 Å². The topological polar surface area (TPSA) is 64.3 Å². The zero-order valence-electron chi connectivity index (χ0n) is 11.8. The summed E-state index contributed by atoms with van der Waals surface area (Å²) in [5.74, 6) is -1.10. The number of carbonyl (C=O) groups is 1. The van der Waals surface area contributed by atoms with Crippen molar-refractivity contribution in [2.24, 2.45) is 5.92 Å². The number of carboxylic acid groups (broad SMARTS) is 1. The van der Waals surface area contributed by atoms with E-state index in [1.165, 1.54) is 18.2 Å². The minimum absolute atomic E-state index is 0.0752. The van der Waals surface area contributed by atoms with Crippen LogP contribution in [0.3, 0.4) is 0 Å². The Morgan fingerprint density at radius 1 is 1.50 bits per heavy atom. The molecule has 0 saturated heterocycles. The minimum Gasteiger partial charge on any atom is -0.478 e. The van der Waals surface area contributed by atoms with Crippen molar-refractivity contribution in [3.63, 3.8) is 0 Å². The lowest BCUT2D eigenvalue weighted by Gasteiger charge is -2.23. The maximum atomic E-state index is 13.8. The molecule has 0 spiro atoms. The summed E-state index contributed by atoms with van der Waals surface area (Å²) in [5, 5.41) is 17.6. The molecule has 1 aromatic carbocycles. The fourth-order valence-electron chi connectivity index (χ4n) is 2.03. The molecule has 1 aromatic rings. The van der Waals surface area contributed by atoms with Crippen LogP contribution in [0.2, 0.25) is 0 Å². The number of nitriles is 1. The van der Waals surface area contributed by atoms with Crippen molar-refractivity contribution in [3.05, 3.63) is 35.1 Å². The third-order valence-corrected chi connectivity index (χ3v) is 2.85. The van der Waals surface area contributed by atoms with Gasteiger partial charge in [0.2, 0.25) is 0 Å². The summed E-state index contributed by atoms with van der Waals surface area (Å²) in [5.41, 5.74) is 0.426. The van der Waals surface area contributed by atoms with Crippen LogP contribution in [0.15, 0.2) is 18.2 Å². The van der Waals surface area contributed by atoms with Crippen LogP contribution in [0.1, 0.15) is 36.2 Å². The number of rotatable bonds is 7. The molecule has 0 radical (unpaired) electrons. The summed E-state index contributed by atoms with van der Waals surface area (Å²) in [7, 11) is 0. The summed E-state index contributed by atoms with van der Waals surface area (Å²) in [4.78, 5) is 12.9. The number of aromatic carboxylic acids is 1. The predicted molar refractivity (Wildman–Crippen MR) is 73.7 cm³/mol. The molecule has 108 valence electrons. The predicted octanol–water partition coefficient (Wildman–Crippen LogP) is 2.90. The molecule has 0 atom stereocenters. The first kappa shape index (κ1) is 16.1. The number of hydrogen-bond acceptors (Lipinski definition) is 3. The van der Waals surface area contributed by atoms with E-state index < -0.39 is 11.8 Å². The van der Waals surface area contributed by atoms with Crippen molar-refractivity contribution in [2.75, 3.05) is 13.1 Å². The van der Waals surface area contributed by atoms with Crippen LogP contribution in [0, 0.1) is 23.1 Å². The second-order valence-electron chi connectivity index (χ2n) is 5.15. The number of benzene rings is 1. The quantitative estimate of drug-likeness (QED) is 0.833. The molecule has 20 heavy (non-hydrogen) atoms. The lowest BCUT2D eigenvalue weighted by Crippen LogP contribution is -2.28. The highest BCUT2D eigenvalue weighted by atomic mass is 19.1. The molecule has 1 rings (SSSR count). The second kappa shape index (κ2) is 7.61. The van der Waals surface area contributed by atoms with Crippen molar-refractivity contribution in [2.45, 2.75) is 26.8 Å². The van der Waals surface area contributed by atoms with Crippen molar-refractivity contribution in [1.29, 1.82) is 5.26 Å². The van der Waals surface area contributed by atoms with E-state index in [-0.39, 0.29) is 5.56 Å². The summed E-state index contributed by atoms with van der Waals surface area (Å²) >= 11 is 0. The highest BCUT2D eigenvalue weighted by Gasteiger charge is 2.13.